The predicted octanol–water partition coefficient (Wildman–Crippen LogP) is 1.86. The van der Waals surface area contributed by atoms with E-state index in [1.54, 1.807) is 0 Å². The van der Waals surface area contributed by atoms with Gasteiger partial charge in [-0.3, -0.25) is 4.90 Å². The second-order valence-corrected chi connectivity index (χ2v) is 5.57. The fraction of sp³-hybridized carbons (Fsp3) is 0.600. The normalized spacial score (nSPS) is 28.8. The highest BCUT2D eigenvalue weighted by molar-refractivity contribution is 5.46. The monoisotopic (exact) mass is 264 g/mol. The van der Waals surface area contributed by atoms with E-state index in [1.165, 1.54) is 12.1 Å². The Morgan fingerprint density at radius 2 is 1.68 bits per heavy atom. The summed E-state index contributed by atoms with van der Waals surface area (Å²) >= 11 is 0. The van der Waals surface area contributed by atoms with Crippen LogP contribution in [0.2, 0.25) is 0 Å². The molecule has 2 atom stereocenters. The van der Waals surface area contributed by atoms with Crippen molar-refractivity contribution in [3.63, 3.8) is 0 Å². The first-order chi connectivity index (χ1) is 9.24. The fourth-order valence-electron chi connectivity index (χ4n) is 3.31. The molecule has 0 radical (unpaired) electrons. The van der Waals surface area contributed by atoms with Gasteiger partial charge in [0.1, 0.15) is 5.82 Å². The summed E-state index contributed by atoms with van der Waals surface area (Å²) in [4.78, 5) is 4.70. The van der Waals surface area contributed by atoms with Crippen molar-refractivity contribution in [2.75, 3.05) is 31.1 Å². The van der Waals surface area contributed by atoms with E-state index in [9.17, 15) is 9.50 Å². The zero-order valence-electron chi connectivity index (χ0n) is 11.1. The molecular formula is C15H21FN2O. The topological polar surface area (TPSA) is 26.7 Å². The summed E-state index contributed by atoms with van der Waals surface area (Å²) in [6, 6.07) is 7.07. The van der Waals surface area contributed by atoms with Crippen LogP contribution in [-0.4, -0.2) is 48.3 Å². The number of hydrogen-bond donors (Lipinski definition) is 1. The maximum atomic E-state index is 12.9. The van der Waals surface area contributed by atoms with Gasteiger partial charge in [0.2, 0.25) is 0 Å². The zero-order chi connectivity index (χ0) is 13.2. The van der Waals surface area contributed by atoms with Gasteiger partial charge in [0, 0.05) is 37.9 Å². The summed E-state index contributed by atoms with van der Waals surface area (Å²) in [5, 5.41) is 9.96. The van der Waals surface area contributed by atoms with Gasteiger partial charge in [0.25, 0.3) is 0 Å². The average molecular weight is 264 g/mol. The molecule has 19 heavy (non-hydrogen) atoms. The number of piperazine rings is 1. The molecule has 4 heteroatoms. The second kappa shape index (κ2) is 5.47. The van der Waals surface area contributed by atoms with E-state index in [2.05, 4.69) is 9.80 Å². The summed E-state index contributed by atoms with van der Waals surface area (Å²) < 4.78 is 12.9. The Hall–Kier alpha value is -1.13. The first-order valence-electron chi connectivity index (χ1n) is 7.17. The van der Waals surface area contributed by atoms with Crippen molar-refractivity contribution in [3.8, 4) is 0 Å². The third-order valence-electron chi connectivity index (χ3n) is 4.42. The number of hydrogen-bond acceptors (Lipinski definition) is 3. The molecule has 0 aromatic heterocycles. The minimum absolute atomic E-state index is 0.141. The summed E-state index contributed by atoms with van der Waals surface area (Å²) in [5.74, 6) is -0.184. The quantitative estimate of drug-likeness (QED) is 0.883. The highest BCUT2D eigenvalue weighted by Crippen LogP contribution is 2.26. The predicted molar refractivity (Wildman–Crippen MR) is 73.8 cm³/mol. The van der Waals surface area contributed by atoms with E-state index in [-0.39, 0.29) is 11.9 Å². The lowest BCUT2D eigenvalue weighted by Gasteiger charge is -2.40. The smallest absolute Gasteiger partial charge is 0.123 e. The zero-order valence-corrected chi connectivity index (χ0v) is 11.1. The van der Waals surface area contributed by atoms with Gasteiger partial charge in [-0.1, -0.05) is 0 Å². The molecule has 1 aromatic rings. The summed E-state index contributed by atoms with van der Waals surface area (Å²) in [6.07, 6.45) is 3.07. The van der Waals surface area contributed by atoms with Gasteiger partial charge in [-0.05, 0) is 43.5 Å². The molecule has 3 rings (SSSR count). The van der Waals surface area contributed by atoms with Crippen LogP contribution in [0.15, 0.2) is 24.3 Å². The molecule has 3 nitrogen and oxygen atoms in total. The van der Waals surface area contributed by atoms with Gasteiger partial charge in [0.15, 0.2) is 0 Å². The summed E-state index contributed by atoms with van der Waals surface area (Å²) in [7, 11) is 0. The van der Waals surface area contributed by atoms with Crippen LogP contribution in [0.1, 0.15) is 19.3 Å². The second-order valence-electron chi connectivity index (χ2n) is 5.57. The molecular weight excluding hydrogens is 243 g/mol. The SMILES string of the molecule is O[C@H]1CCC[C@@H]1N1CCN(c2ccc(F)cc2)CC1. The molecule has 0 amide bonds. The number of nitrogens with zero attached hydrogens (tertiary/aromatic N) is 2. The highest BCUT2D eigenvalue weighted by atomic mass is 19.1. The van der Waals surface area contributed by atoms with E-state index in [1.807, 2.05) is 12.1 Å². The molecule has 0 unspecified atom stereocenters. The number of aliphatic hydroxyl groups is 1. The van der Waals surface area contributed by atoms with Gasteiger partial charge in [-0.25, -0.2) is 4.39 Å². The minimum Gasteiger partial charge on any atom is -0.391 e. The maximum absolute atomic E-state index is 12.9. The number of benzene rings is 1. The minimum atomic E-state index is -0.184. The van der Waals surface area contributed by atoms with Crippen LogP contribution in [0.5, 0.6) is 0 Å². The van der Waals surface area contributed by atoms with Crippen LogP contribution >= 0.6 is 0 Å². The molecule has 1 aliphatic heterocycles. The Morgan fingerprint density at radius 3 is 2.26 bits per heavy atom. The summed E-state index contributed by atoms with van der Waals surface area (Å²) in [5.41, 5.74) is 1.09. The number of anilines is 1. The van der Waals surface area contributed by atoms with Gasteiger partial charge in [0.05, 0.1) is 6.10 Å². The fourth-order valence-corrected chi connectivity index (χ4v) is 3.31. The van der Waals surface area contributed by atoms with Crippen molar-refractivity contribution in [2.45, 2.75) is 31.4 Å². The van der Waals surface area contributed by atoms with E-state index in [4.69, 9.17) is 0 Å². The van der Waals surface area contributed by atoms with E-state index >= 15 is 0 Å². The Balaban J connectivity index is 1.58. The van der Waals surface area contributed by atoms with Crippen LogP contribution in [0.25, 0.3) is 0 Å². The lowest BCUT2D eigenvalue weighted by Crippen LogP contribution is -2.52. The molecule has 1 aliphatic carbocycles. The molecule has 0 spiro atoms. The van der Waals surface area contributed by atoms with Crippen LogP contribution in [0.3, 0.4) is 0 Å². The highest BCUT2D eigenvalue weighted by Gasteiger charge is 2.32. The van der Waals surface area contributed by atoms with Crippen LogP contribution in [-0.2, 0) is 0 Å². The van der Waals surface area contributed by atoms with Crippen molar-refractivity contribution >= 4 is 5.69 Å². The van der Waals surface area contributed by atoms with Crippen LogP contribution < -0.4 is 4.90 Å². The van der Waals surface area contributed by atoms with E-state index < -0.39 is 0 Å². The molecule has 2 aliphatic rings. The molecule has 2 fully saturated rings. The Labute approximate surface area is 113 Å². The van der Waals surface area contributed by atoms with Crippen molar-refractivity contribution in [3.05, 3.63) is 30.1 Å². The lowest BCUT2D eigenvalue weighted by atomic mass is 10.1. The third kappa shape index (κ3) is 2.74. The first-order valence-corrected chi connectivity index (χ1v) is 7.17. The maximum Gasteiger partial charge on any atom is 0.123 e. The molecule has 1 saturated carbocycles. The van der Waals surface area contributed by atoms with Gasteiger partial charge >= 0.3 is 0 Å². The lowest BCUT2D eigenvalue weighted by molar-refractivity contribution is 0.0671. The van der Waals surface area contributed by atoms with Gasteiger partial charge < -0.3 is 10.0 Å². The van der Waals surface area contributed by atoms with Gasteiger partial charge in [-0.2, -0.15) is 0 Å². The Kier molecular flexibility index (Phi) is 3.71. The van der Waals surface area contributed by atoms with Gasteiger partial charge in [-0.15, -0.1) is 0 Å². The number of rotatable bonds is 2. The first kappa shape index (κ1) is 12.9. The van der Waals surface area contributed by atoms with Crippen molar-refractivity contribution in [1.82, 2.24) is 4.90 Å². The molecule has 1 aromatic carbocycles. The van der Waals surface area contributed by atoms with E-state index in [0.717, 1.165) is 51.1 Å². The molecule has 1 N–H and O–H groups in total. The van der Waals surface area contributed by atoms with Crippen molar-refractivity contribution < 1.29 is 9.50 Å². The molecule has 104 valence electrons. The molecule has 1 saturated heterocycles. The van der Waals surface area contributed by atoms with Crippen LogP contribution in [0, 0.1) is 5.82 Å². The molecule has 0 bridgehead atoms. The number of aliphatic hydroxyl groups excluding tert-OH is 1. The molecule has 1 heterocycles. The Bertz CT molecular complexity index is 415. The third-order valence-corrected chi connectivity index (χ3v) is 4.42. The summed E-state index contributed by atoms with van der Waals surface area (Å²) in [6.45, 7) is 3.88. The standard InChI is InChI=1S/C15H21FN2O/c16-12-4-6-13(7-5-12)17-8-10-18(11-9-17)14-2-1-3-15(14)19/h4-7,14-15,19H,1-3,8-11H2/t14-,15-/m0/s1. The average Bonchev–Trinajstić information content (AvgIpc) is 2.86. The van der Waals surface area contributed by atoms with Crippen molar-refractivity contribution in [1.29, 1.82) is 0 Å². The van der Waals surface area contributed by atoms with Crippen LogP contribution in [0.4, 0.5) is 10.1 Å². The van der Waals surface area contributed by atoms with E-state index in [0.29, 0.717) is 6.04 Å². The largest absolute Gasteiger partial charge is 0.391 e. The Morgan fingerprint density at radius 1 is 1.00 bits per heavy atom. The van der Waals surface area contributed by atoms with Crippen molar-refractivity contribution in [2.24, 2.45) is 0 Å². The number of halogens is 1.